The third-order valence-electron chi connectivity index (χ3n) is 4.12. The zero-order valence-corrected chi connectivity index (χ0v) is 18.9. The molecule has 0 aliphatic rings. The summed E-state index contributed by atoms with van der Waals surface area (Å²) in [6.07, 6.45) is 1.48. The van der Waals surface area contributed by atoms with Gasteiger partial charge in [0.15, 0.2) is 0 Å². The second-order valence-corrected chi connectivity index (χ2v) is 7.99. The first-order chi connectivity index (χ1) is 14.9. The number of hydrogen-bond donors (Lipinski definition) is 1. The fourth-order valence-corrected chi connectivity index (χ4v) is 3.16. The summed E-state index contributed by atoms with van der Waals surface area (Å²) < 4.78 is 5.73. The Bertz CT molecular complexity index is 1190. The van der Waals surface area contributed by atoms with Crippen LogP contribution in [0.4, 0.5) is 5.69 Å². The molecule has 3 aromatic carbocycles. The third-order valence-corrected chi connectivity index (χ3v) is 5.60. The van der Waals surface area contributed by atoms with Gasteiger partial charge in [0.25, 0.3) is 5.91 Å². The quantitative estimate of drug-likeness (QED) is 0.288. The molecule has 0 aromatic heterocycles. The van der Waals surface area contributed by atoms with Gasteiger partial charge in [0.2, 0.25) is 0 Å². The molecule has 0 saturated heterocycles. The van der Waals surface area contributed by atoms with Crippen molar-refractivity contribution in [1.29, 1.82) is 5.26 Å². The van der Waals surface area contributed by atoms with Crippen molar-refractivity contribution in [3.63, 3.8) is 0 Å². The van der Waals surface area contributed by atoms with E-state index in [1.165, 1.54) is 12.1 Å². The Balaban J connectivity index is 1.65. The number of benzene rings is 3. The van der Waals surface area contributed by atoms with Gasteiger partial charge in [-0.1, -0.05) is 64.6 Å². The van der Waals surface area contributed by atoms with Gasteiger partial charge in [0, 0.05) is 5.69 Å². The maximum atomic E-state index is 12.4. The average molecular weight is 492 g/mol. The summed E-state index contributed by atoms with van der Waals surface area (Å²) in [6, 6.07) is 18.8. The second kappa shape index (κ2) is 10.6. The molecular weight excluding hydrogens is 478 g/mol. The van der Waals surface area contributed by atoms with Crippen molar-refractivity contribution in [2.75, 3.05) is 5.32 Å². The van der Waals surface area contributed by atoms with Crippen molar-refractivity contribution in [3.05, 3.63) is 97.5 Å². The number of carbonyl (C=O) groups excluding carboxylic acids is 1. The van der Waals surface area contributed by atoms with Crippen molar-refractivity contribution in [3.8, 4) is 11.8 Å². The van der Waals surface area contributed by atoms with E-state index in [1.54, 1.807) is 48.5 Å². The van der Waals surface area contributed by atoms with E-state index in [0.717, 1.165) is 5.56 Å². The Labute approximate surface area is 199 Å². The monoisotopic (exact) mass is 490 g/mol. The molecule has 3 rings (SSSR count). The average Bonchev–Trinajstić information content (AvgIpc) is 2.76. The van der Waals surface area contributed by atoms with E-state index in [-0.39, 0.29) is 5.57 Å². The molecule has 156 valence electrons. The minimum Gasteiger partial charge on any atom is -0.489 e. The zero-order chi connectivity index (χ0) is 22.4. The molecule has 0 spiro atoms. The lowest BCUT2D eigenvalue weighted by Gasteiger charge is -2.08. The minimum absolute atomic E-state index is 0.0597. The van der Waals surface area contributed by atoms with Crippen LogP contribution in [0.2, 0.25) is 20.1 Å². The molecule has 0 radical (unpaired) electrons. The molecule has 0 aliphatic heterocycles. The Morgan fingerprint density at radius 3 is 2.16 bits per heavy atom. The third kappa shape index (κ3) is 6.40. The summed E-state index contributed by atoms with van der Waals surface area (Å²) in [7, 11) is 0. The number of halogens is 4. The maximum absolute atomic E-state index is 12.4. The molecule has 4 nitrogen and oxygen atoms in total. The van der Waals surface area contributed by atoms with Gasteiger partial charge >= 0.3 is 0 Å². The summed E-state index contributed by atoms with van der Waals surface area (Å²) in [4.78, 5) is 12.4. The molecule has 0 unspecified atom stereocenters. The van der Waals surface area contributed by atoms with Crippen LogP contribution >= 0.6 is 46.4 Å². The molecule has 0 aliphatic carbocycles. The van der Waals surface area contributed by atoms with Crippen molar-refractivity contribution in [2.24, 2.45) is 0 Å². The lowest BCUT2D eigenvalue weighted by Crippen LogP contribution is -2.13. The highest BCUT2D eigenvalue weighted by molar-refractivity contribution is 6.42. The normalized spacial score (nSPS) is 11.0. The molecule has 3 aromatic rings. The van der Waals surface area contributed by atoms with E-state index in [0.29, 0.717) is 43.7 Å². The topological polar surface area (TPSA) is 62.1 Å². The molecule has 1 amide bonds. The summed E-state index contributed by atoms with van der Waals surface area (Å²) >= 11 is 23.7. The second-order valence-electron chi connectivity index (χ2n) is 6.36. The number of hydrogen-bond acceptors (Lipinski definition) is 3. The number of ether oxygens (including phenoxy) is 1. The predicted molar refractivity (Wildman–Crippen MR) is 126 cm³/mol. The Kier molecular flexibility index (Phi) is 7.84. The van der Waals surface area contributed by atoms with Gasteiger partial charge in [-0.15, -0.1) is 0 Å². The van der Waals surface area contributed by atoms with Gasteiger partial charge in [-0.3, -0.25) is 4.79 Å². The first kappa shape index (κ1) is 23.0. The van der Waals surface area contributed by atoms with Crippen LogP contribution in [-0.2, 0) is 11.4 Å². The highest BCUT2D eigenvalue weighted by Gasteiger charge is 2.11. The Morgan fingerprint density at radius 1 is 0.903 bits per heavy atom. The molecule has 31 heavy (non-hydrogen) atoms. The highest BCUT2D eigenvalue weighted by Crippen LogP contribution is 2.26. The SMILES string of the molecule is N#C/C(=C\c1ccc(OCc2ccc(Cl)c(Cl)c2)cc1)C(=O)Nc1ccc(Cl)c(Cl)c1. The number of nitriles is 1. The number of nitrogens with one attached hydrogen (secondary N) is 1. The molecule has 0 saturated carbocycles. The van der Waals surface area contributed by atoms with E-state index >= 15 is 0 Å². The van der Waals surface area contributed by atoms with Crippen LogP contribution in [0.5, 0.6) is 5.75 Å². The van der Waals surface area contributed by atoms with E-state index in [1.807, 2.05) is 12.1 Å². The molecule has 0 bridgehead atoms. The maximum Gasteiger partial charge on any atom is 0.266 e. The number of nitrogens with zero attached hydrogens (tertiary/aromatic N) is 1. The van der Waals surface area contributed by atoms with Crippen molar-refractivity contribution < 1.29 is 9.53 Å². The summed E-state index contributed by atoms with van der Waals surface area (Å²) in [5.74, 6) is 0.0721. The van der Waals surface area contributed by atoms with Gasteiger partial charge in [-0.05, 0) is 59.7 Å². The summed E-state index contributed by atoms with van der Waals surface area (Å²) in [5, 5.41) is 13.6. The van der Waals surface area contributed by atoms with Crippen LogP contribution in [-0.4, -0.2) is 5.91 Å². The highest BCUT2D eigenvalue weighted by atomic mass is 35.5. The summed E-state index contributed by atoms with van der Waals surface area (Å²) in [5.41, 5.74) is 1.92. The zero-order valence-electron chi connectivity index (χ0n) is 15.8. The van der Waals surface area contributed by atoms with Crippen molar-refractivity contribution >= 4 is 64.1 Å². The van der Waals surface area contributed by atoms with Gasteiger partial charge in [0.05, 0.1) is 20.1 Å². The van der Waals surface area contributed by atoms with Gasteiger partial charge < -0.3 is 10.1 Å². The lowest BCUT2D eigenvalue weighted by atomic mass is 10.1. The fraction of sp³-hybridized carbons (Fsp3) is 0.0435. The number of rotatable bonds is 6. The number of carbonyl (C=O) groups is 1. The number of amides is 1. The number of anilines is 1. The van der Waals surface area contributed by atoms with Gasteiger partial charge in [0.1, 0.15) is 24.0 Å². The van der Waals surface area contributed by atoms with Crippen LogP contribution in [0.1, 0.15) is 11.1 Å². The molecule has 0 atom stereocenters. The Hall–Kier alpha value is -2.68. The standard InChI is InChI=1S/C23H14Cl4N2O2/c24-19-7-3-15(10-21(19)26)13-31-18-5-1-14(2-6-18)9-16(12-28)23(30)29-17-4-8-20(25)22(27)11-17/h1-11H,13H2,(H,29,30)/b16-9+. The van der Waals surface area contributed by atoms with Crippen LogP contribution in [0, 0.1) is 11.3 Å². The minimum atomic E-state index is -0.555. The van der Waals surface area contributed by atoms with E-state index in [2.05, 4.69) is 5.32 Å². The van der Waals surface area contributed by atoms with Crippen molar-refractivity contribution in [2.45, 2.75) is 6.61 Å². The molecular formula is C23H14Cl4N2O2. The first-order valence-electron chi connectivity index (χ1n) is 8.90. The van der Waals surface area contributed by atoms with Crippen LogP contribution in [0.15, 0.2) is 66.2 Å². The first-order valence-corrected chi connectivity index (χ1v) is 10.4. The largest absolute Gasteiger partial charge is 0.489 e. The molecule has 0 heterocycles. The van der Waals surface area contributed by atoms with Crippen LogP contribution in [0.3, 0.4) is 0 Å². The Morgan fingerprint density at radius 2 is 1.55 bits per heavy atom. The van der Waals surface area contributed by atoms with E-state index in [4.69, 9.17) is 51.1 Å². The van der Waals surface area contributed by atoms with Crippen molar-refractivity contribution in [1.82, 2.24) is 0 Å². The van der Waals surface area contributed by atoms with E-state index < -0.39 is 5.91 Å². The molecule has 8 heteroatoms. The fourth-order valence-electron chi connectivity index (χ4n) is 2.54. The van der Waals surface area contributed by atoms with Gasteiger partial charge in [-0.25, -0.2) is 0 Å². The van der Waals surface area contributed by atoms with Gasteiger partial charge in [-0.2, -0.15) is 5.26 Å². The molecule has 1 N–H and O–H groups in total. The smallest absolute Gasteiger partial charge is 0.266 e. The van der Waals surface area contributed by atoms with Crippen LogP contribution in [0.25, 0.3) is 6.08 Å². The van der Waals surface area contributed by atoms with E-state index in [9.17, 15) is 10.1 Å². The predicted octanol–water partition coefficient (Wildman–Crippen LogP) is 7.42. The molecule has 0 fully saturated rings. The lowest BCUT2D eigenvalue weighted by molar-refractivity contribution is -0.112. The summed E-state index contributed by atoms with van der Waals surface area (Å²) in [6.45, 7) is 0.321. The van der Waals surface area contributed by atoms with Crippen LogP contribution < -0.4 is 10.1 Å².